The van der Waals surface area contributed by atoms with Gasteiger partial charge in [0, 0.05) is 0 Å². The van der Waals surface area contributed by atoms with Gasteiger partial charge in [0.15, 0.2) is 5.17 Å². The summed E-state index contributed by atoms with van der Waals surface area (Å²) in [7, 11) is -3.90. The zero-order chi connectivity index (χ0) is 19.3. The van der Waals surface area contributed by atoms with E-state index in [2.05, 4.69) is 15.5 Å². The van der Waals surface area contributed by atoms with Gasteiger partial charge in [0.1, 0.15) is 10.6 Å². The minimum Gasteiger partial charge on any atom is -0.379 e. The molecular weight excluding hydrogens is 386 g/mol. The molecule has 2 aromatic carbocycles. The van der Waals surface area contributed by atoms with E-state index in [4.69, 9.17) is 4.18 Å². The van der Waals surface area contributed by atoms with E-state index in [0.29, 0.717) is 17.2 Å². The Bertz CT molecular complexity index is 989. The number of benzene rings is 2. The molecule has 1 N–H and O–H groups in total. The molecule has 2 aromatic rings. The van der Waals surface area contributed by atoms with Gasteiger partial charge in [-0.25, -0.2) is 0 Å². The summed E-state index contributed by atoms with van der Waals surface area (Å²) in [6, 6.07) is 14.4. The molecule has 7 nitrogen and oxygen atoms in total. The minimum absolute atomic E-state index is 0.0713. The van der Waals surface area contributed by atoms with E-state index in [1.54, 1.807) is 42.5 Å². The Kier molecular flexibility index (Phi) is 5.92. The second-order valence-electron chi connectivity index (χ2n) is 5.58. The predicted molar refractivity (Wildman–Crippen MR) is 106 cm³/mol. The van der Waals surface area contributed by atoms with Crippen molar-refractivity contribution in [1.29, 1.82) is 0 Å². The van der Waals surface area contributed by atoms with E-state index in [9.17, 15) is 13.2 Å². The fourth-order valence-corrected chi connectivity index (χ4v) is 4.08. The van der Waals surface area contributed by atoms with Crippen LogP contribution in [0.3, 0.4) is 0 Å². The molecular formula is C18H17N3O4S2. The number of nitrogens with one attached hydrogen (secondary N) is 1. The van der Waals surface area contributed by atoms with Gasteiger partial charge >= 0.3 is 10.1 Å². The van der Waals surface area contributed by atoms with Crippen LogP contribution in [0.25, 0.3) is 0 Å². The molecule has 0 aromatic heterocycles. The van der Waals surface area contributed by atoms with E-state index in [0.717, 1.165) is 0 Å². The molecule has 1 fully saturated rings. The zero-order valence-corrected chi connectivity index (χ0v) is 16.0. The number of carbonyl (C=O) groups excluding carboxylic acids is 1. The number of hydrogen-bond donors (Lipinski definition) is 1. The fraction of sp³-hybridized carbons (Fsp3) is 0.167. The standard InChI is InChI=1S/C18H17N3O4S2/c1-2-16-17(22)20-18(26-16)21-19-12-13-7-6-8-14(11-13)25-27(23,24)15-9-4-3-5-10-15/h3-12,16H,2H2,1H3,(H,20,21,22)/b19-12-/t16-/m0/s1. The number of amidine groups is 1. The summed E-state index contributed by atoms with van der Waals surface area (Å²) >= 11 is 1.33. The van der Waals surface area contributed by atoms with Gasteiger partial charge in [0.05, 0.1) is 11.5 Å². The van der Waals surface area contributed by atoms with Gasteiger partial charge < -0.3 is 9.50 Å². The Hall–Kier alpha value is -2.65. The number of nitrogens with zero attached hydrogens (tertiary/aromatic N) is 2. The molecule has 1 aliphatic rings. The van der Waals surface area contributed by atoms with E-state index in [1.165, 1.54) is 30.1 Å². The van der Waals surface area contributed by atoms with Crippen molar-refractivity contribution in [2.45, 2.75) is 23.5 Å². The lowest BCUT2D eigenvalue weighted by Gasteiger charge is -2.07. The maximum absolute atomic E-state index is 12.3. The Morgan fingerprint density at radius 1 is 1.19 bits per heavy atom. The van der Waals surface area contributed by atoms with Crippen LogP contribution in [0.2, 0.25) is 0 Å². The molecule has 1 amide bonds. The Balaban J connectivity index is 1.70. The molecule has 0 spiro atoms. The Morgan fingerprint density at radius 2 is 1.96 bits per heavy atom. The Labute approximate surface area is 161 Å². The smallest absolute Gasteiger partial charge is 0.339 e. The topological polar surface area (TPSA) is 97.2 Å². The number of hydrogen-bond acceptors (Lipinski definition) is 7. The van der Waals surface area contributed by atoms with Crippen molar-refractivity contribution in [3.63, 3.8) is 0 Å². The first-order chi connectivity index (χ1) is 13.0. The largest absolute Gasteiger partial charge is 0.379 e. The molecule has 9 heteroatoms. The summed E-state index contributed by atoms with van der Waals surface area (Å²) in [4.78, 5) is 11.7. The molecule has 27 heavy (non-hydrogen) atoms. The summed E-state index contributed by atoms with van der Waals surface area (Å²) < 4.78 is 29.7. The van der Waals surface area contributed by atoms with E-state index in [1.807, 2.05) is 6.92 Å². The third kappa shape index (κ3) is 4.95. The van der Waals surface area contributed by atoms with Crippen molar-refractivity contribution in [1.82, 2.24) is 5.32 Å². The van der Waals surface area contributed by atoms with Gasteiger partial charge in [0.25, 0.3) is 0 Å². The molecule has 3 rings (SSSR count). The van der Waals surface area contributed by atoms with Gasteiger partial charge in [-0.15, -0.1) is 5.10 Å². The molecule has 1 saturated heterocycles. The Morgan fingerprint density at radius 3 is 2.67 bits per heavy atom. The first kappa shape index (κ1) is 19.1. The molecule has 0 unspecified atom stereocenters. The molecule has 1 atom stereocenters. The summed E-state index contributed by atoms with van der Waals surface area (Å²) in [5.41, 5.74) is 0.612. The van der Waals surface area contributed by atoms with Crippen LogP contribution < -0.4 is 9.50 Å². The fourth-order valence-electron chi connectivity index (χ4n) is 2.28. The van der Waals surface area contributed by atoms with Crippen LogP contribution in [0.1, 0.15) is 18.9 Å². The highest BCUT2D eigenvalue weighted by atomic mass is 32.2. The van der Waals surface area contributed by atoms with Crippen molar-refractivity contribution < 1.29 is 17.4 Å². The van der Waals surface area contributed by atoms with E-state index < -0.39 is 10.1 Å². The summed E-state index contributed by atoms with van der Waals surface area (Å²) in [6.07, 6.45) is 2.18. The van der Waals surface area contributed by atoms with Crippen LogP contribution in [-0.4, -0.2) is 31.0 Å². The highest BCUT2D eigenvalue weighted by Gasteiger charge is 2.28. The molecule has 1 aliphatic heterocycles. The van der Waals surface area contributed by atoms with E-state index in [-0.39, 0.29) is 21.8 Å². The maximum atomic E-state index is 12.3. The molecule has 0 bridgehead atoms. The van der Waals surface area contributed by atoms with Crippen LogP contribution in [0.5, 0.6) is 5.75 Å². The lowest BCUT2D eigenvalue weighted by atomic mass is 10.2. The number of amides is 1. The molecule has 0 saturated carbocycles. The van der Waals surface area contributed by atoms with Crippen LogP contribution in [-0.2, 0) is 14.9 Å². The third-order valence-corrected chi connectivity index (χ3v) is 6.10. The van der Waals surface area contributed by atoms with E-state index >= 15 is 0 Å². The van der Waals surface area contributed by atoms with Crippen molar-refractivity contribution in [2.75, 3.05) is 0 Å². The highest BCUT2D eigenvalue weighted by molar-refractivity contribution is 8.15. The molecule has 1 heterocycles. The molecule has 0 aliphatic carbocycles. The molecule has 0 radical (unpaired) electrons. The lowest BCUT2D eigenvalue weighted by molar-refractivity contribution is -0.118. The monoisotopic (exact) mass is 403 g/mol. The first-order valence-electron chi connectivity index (χ1n) is 8.16. The van der Waals surface area contributed by atoms with Crippen LogP contribution in [0, 0.1) is 0 Å². The van der Waals surface area contributed by atoms with Gasteiger partial charge in [-0.2, -0.15) is 13.5 Å². The quantitative estimate of drug-likeness (QED) is 0.454. The van der Waals surface area contributed by atoms with Crippen molar-refractivity contribution in [2.24, 2.45) is 10.2 Å². The first-order valence-corrected chi connectivity index (χ1v) is 10.4. The van der Waals surface area contributed by atoms with Crippen LogP contribution in [0.4, 0.5) is 0 Å². The second-order valence-corrected chi connectivity index (χ2v) is 8.31. The lowest BCUT2D eigenvalue weighted by Crippen LogP contribution is -2.24. The van der Waals surface area contributed by atoms with Crippen molar-refractivity contribution in [3.8, 4) is 5.75 Å². The second kappa shape index (κ2) is 8.36. The average molecular weight is 403 g/mol. The van der Waals surface area contributed by atoms with Crippen LogP contribution >= 0.6 is 11.8 Å². The van der Waals surface area contributed by atoms with Gasteiger partial charge in [-0.05, 0) is 36.2 Å². The SMILES string of the molecule is CC[C@@H]1S/C(=N/N=C\c2cccc(OS(=O)(=O)c3ccccc3)c2)NC1=O. The summed E-state index contributed by atoms with van der Waals surface area (Å²) in [5.74, 6) is 0.100. The summed E-state index contributed by atoms with van der Waals surface area (Å²) in [6.45, 7) is 1.93. The van der Waals surface area contributed by atoms with Crippen molar-refractivity contribution in [3.05, 3.63) is 60.2 Å². The minimum atomic E-state index is -3.90. The summed E-state index contributed by atoms with van der Waals surface area (Å²) in [5, 5.41) is 10.9. The number of rotatable bonds is 6. The van der Waals surface area contributed by atoms with Gasteiger partial charge in [0.2, 0.25) is 5.91 Å². The normalized spacial score (nSPS) is 18.8. The van der Waals surface area contributed by atoms with Gasteiger partial charge in [-0.1, -0.05) is 49.0 Å². The zero-order valence-electron chi connectivity index (χ0n) is 14.4. The third-order valence-electron chi connectivity index (χ3n) is 3.60. The number of thioether (sulfide) groups is 1. The average Bonchev–Trinajstić information content (AvgIpc) is 3.02. The number of carbonyl (C=O) groups is 1. The molecule has 140 valence electrons. The highest BCUT2D eigenvalue weighted by Crippen LogP contribution is 2.22. The van der Waals surface area contributed by atoms with Crippen LogP contribution in [0.15, 0.2) is 69.7 Å². The van der Waals surface area contributed by atoms with Gasteiger partial charge in [-0.3, -0.25) is 4.79 Å². The van der Waals surface area contributed by atoms with Crippen molar-refractivity contribution >= 4 is 39.2 Å². The maximum Gasteiger partial charge on any atom is 0.339 e. The predicted octanol–water partition coefficient (Wildman–Crippen LogP) is 2.79.